The van der Waals surface area contributed by atoms with Crippen molar-refractivity contribution in [1.29, 1.82) is 0 Å². The van der Waals surface area contributed by atoms with Gasteiger partial charge < -0.3 is 0 Å². The van der Waals surface area contributed by atoms with Crippen molar-refractivity contribution < 1.29 is 0 Å². The van der Waals surface area contributed by atoms with E-state index in [1.165, 1.54) is 10.9 Å². The van der Waals surface area contributed by atoms with Gasteiger partial charge in [-0.1, -0.05) is 42.9 Å². The van der Waals surface area contributed by atoms with Gasteiger partial charge in [-0.05, 0) is 29.4 Å². The van der Waals surface area contributed by atoms with Crippen molar-refractivity contribution in [3.05, 3.63) is 42.0 Å². The van der Waals surface area contributed by atoms with Crippen molar-refractivity contribution in [2.75, 3.05) is 0 Å². The van der Waals surface area contributed by atoms with Crippen LogP contribution in [-0.4, -0.2) is 0 Å². The third-order valence-corrected chi connectivity index (χ3v) is 3.03. The van der Waals surface area contributed by atoms with Crippen LogP contribution in [0.25, 0.3) is 10.8 Å². The van der Waals surface area contributed by atoms with E-state index >= 15 is 0 Å². The Labute approximate surface area is 107 Å². The van der Waals surface area contributed by atoms with Crippen LogP contribution < -0.4 is 22.3 Å². The van der Waals surface area contributed by atoms with Crippen molar-refractivity contribution in [2.24, 2.45) is 23.4 Å². The van der Waals surface area contributed by atoms with Crippen LogP contribution in [0, 0.1) is 5.92 Å². The fraction of sp³-hybridized carbons (Fsp3) is 0.286. The first-order chi connectivity index (χ1) is 8.39. The Morgan fingerprint density at radius 1 is 0.944 bits per heavy atom. The lowest BCUT2D eigenvalue weighted by Gasteiger charge is -2.21. The maximum Gasteiger partial charge on any atom is 0.199 e. The third-order valence-electron chi connectivity index (χ3n) is 3.03. The standard InChI is InChI=1S/C14H21N4/c1-10(2)9-11-5-3-7-13-12(11)6-4-8-14(13)18(15,16)17/h3-8,10H,9,15-17H2,1-2H3/q+1. The Morgan fingerprint density at radius 2 is 1.56 bits per heavy atom. The number of quaternary nitrogens is 1. The van der Waals surface area contributed by atoms with Crippen LogP contribution in [0.1, 0.15) is 19.4 Å². The predicted molar refractivity (Wildman–Crippen MR) is 76.8 cm³/mol. The van der Waals surface area contributed by atoms with Crippen LogP contribution in [0.5, 0.6) is 0 Å². The molecule has 0 spiro atoms. The molecule has 0 fully saturated rings. The lowest BCUT2D eigenvalue weighted by atomic mass is 9.96. The monoisotopic (exact) mass is 245 g/mol. The van der Waals surface area contributed by atoms with Gasteiger partial charge in [0.25, 0.3) is 0 Å². The number of benzene rings is 2. The lowest BCUT2D eigenvalue weighted by molar-refractivity contribution is 0.304. The highest BCUT2D eigenvalue weighted by Crippen LogP contribution is 2.29. The summed E-state index contributed by atoms with van der Waals surface area (Å²) >= 11 is 0. The van der Waals surface area contributed by atoms with Crippen LogP contribution in [-0.2, 0) is 6.42 Å². The summed E-state index contributed by atoms with van der Waals surface area (Å²) in [7, 11) is 0. The minimum atomic E-state index is -0.636. The topological polar surface area (TPSA) is 78.1 Å². The van der Waals surface area contributed by atoms with Crippen molar-refractivity contribution in [3.63, 3.8) is 0 Å². The van der Waals surface area contributed by atoms with Gasteiger partial charge >= 0.3 is 0 Å². The molecular formula is C14H21N4+. The molecule has 0 saturated heterocycles. The van der Waals surface area contributed by atoms with Crippen LogP contribution in [0.4, 0.5) is 5.69 Å². The molecule has 6 N–H and O–H groups in total. The molecule has 0 aromatic heterocycles. The second-order valence-electron chi connectivity index (χ2n) is 5.22. The minimum absolute atomic E-state index is 0.604. The molecule has 0 aliphatic carbocycles. The van der Waals surface area contributed by atoms with Crippen LogP contribution in [0.3, 0.4) is 0 Å². The molecule has 4 nitrogen and oxygen atoms in total. The van der Waals surface area contributed by atoms with Gasteiger partial charge in [-0.15, -0.1) is 17.5 Å². The smallest absolute Gasteiger partial charge is 0.136 e. The fourth-order valence-electron chi connectivity index (χ4n) is 2.31. The summed E-state index contributed by atoms with van der Waals surface area (Å²) in [5.74, 6) is 17.9. The summed E-state index contributed by atoms with van der Waals surface area (Å²) in [5.41, 5.74) is 2.02. The molecule has 18 heavy (non-hydrogen) atoms. The third kappa shape index (κ3) is 2.52. The van der Waals surface area contributed by atoms with E-state index < -0.39 is 4.81 Å². The van der Waals surface area contributed by atoms with Crippen molar-refractivity contribution in [3.8, 4) is 0 Å². The second kappa shape index (κ2) is 4.66. The van der Waals surface area contributed by atoms with Gasteiger partial charge in [0.2, 0.25) is 0 Å². The summed E-state index contributed by atoms with van der Waals surface area (Å²) in [5, 5.41) is 2.19. The maximum atomic E-state index is 5.77. The van der Waals surface area contributed by atoms with Gasteiger partial charge in [0.05, 0.1) is 0 Å². The van der Waals surface area contributed by atoms with E-state index in [0.717, 1.165) is 17.5 Å². The summed E-state index contributed by atoms with van der Waals surface area (Å²) in [6, 6.07) is 12.1. The van der Waals surface area contributed by atoms with Crippen LogP contribution in [0.2, 0.25) is 0 Å². The van der Waals surface area contributed by atoms with Crippen LogP contribution in [0.15, 0.2) is 36.4 Å². The van der Waals surface area contributed by atoms with Gasteiger partial charge in [-0.3, -0.25) is 0 Å². The predicted octanol–water partition coefficient (Wildman–Crippen LogP) is 1.97. The summed E-state index contributed by atoms with van der Waals surface area (Å²) in [6.45, 7) is 4.41. The molecule has 0 aliphatic rings. The molecule has 0 saturated carbocycles. The van der Waals surface area contributed by atoms with E-state index in [1.807, 2.05) is 24.3 Å². The van der Waals surface area contributed by atoms with Gasteiger partial charge in [-0.25, -0.2) is 0 Å². The van der Waals surface area contributed by atoms with Crippen molar-refractivity contribution in [1.82, 2.24) is 4.81 Å². The largest absolute Gasteiger partial charge is 0.199 e. The molecule has 0 bridgehead atoms. The quantitative estimate of drug-likeness (QED) is 0.439. The Hall–Kier alpha value is -1.46. The molecule has 2 rings (SSSR count). The number of hydrogen-bond donors (Lipinski definition) is 3. The van der Waals surface area contributed by atoms with Gasteiger partial charge in [-0.2, -0.15) is 0 Å². The van der Waals surface area contributed by atoms with Crippen molar-refractivity contribution in [2.45, 2.75) is 20.3 Å². The summed E-state index contributed by atoms with van der Waals surface area (Å²) in [6.07, 6.45) is 1.03. The highest BCUT2D eigenvalue weighted by atomic mass is 15.9. The molecule has 0 radical (unpaired) electrons. The molecule has 0 amide bonds. The van der Waals surface area contributed by atoms with E-state index in [0.29, 0.717) is 5.92 Å². The number of nitrogens with two attached hydrogens (primary N) is 3. The second-order valence-corrected chi connectivity index (χ2v) is 5.22. The molecule has 0 aliphatic heterocycles. The zero-order chi connectivity index (χ0) is 13.3. The SMILES string of the molecule is CC(C)Cc1cccc2c([N+](N)(N)N)cccc12. The van der Waals surface area contributed by atoms with Gasteiger partial charge in [0, 0.05) is 11.5 Å². The maximum absolute atomic E-state index is 5.77. The zero-order valence-corrected chi connectivity index (χ0v) is 10.9. The Bertz CT molecular complexity index is 555. The van der Waals surface area contributed by atoms with E-state index in [-0.39, 0.29) is 0 Å². The van der Waals surface area contributed by atoms with E-state index in [1.54, 1.807) is 0 Å². The molecule has 2 aromatic rings. The first-order valence-corrected chi connectivity index (χ1v) is 6.15. The van der Waals surface area contributed by atoms with Crippen molar-refractivity contribution >= 4 is 16.5 Å². The minimum Gasteiger partial charge on any atom is -0.136 e. The highest BCUT2D eigenvalue weighted by Gasteiger charge is 2.20. The average molecular weight is 245 g/mol. The Morgan fingerprint density at radius 3 is 2.17 bits per heavy atom. The number of hydrogen-bond acceptors (Lipinski definition) is 3. The molecule has 0 unspecified atom stereocenters. The van der Waals surface area contributed by atoms with E-state index in [2.05, 4.69) is 26.0 Å². The fourth-order valence-corrected chi connectivity index (χ4v) is 2.31. The summed E-state index contributed by atoms with van der Waals surface area (Å²) < 4.78 is 0. The normalized spacial score (nSPS) is 12.3. The molecular weight excluding hydrogens is 224 g/mol. The highest BCUT2D eigenvalue weighted by molar-refractivity contribution is 5.95. The number of rotatable bonds is 3. The average Bonchev–Trinajstić information content (AvgIpc) is 2.26. The molecule has 96 valence electrons. The van der Waals surface area contributed by atoms with E-state index in [9.17, 15) is 0 Å². The van der Waals surface area contributed by atoms with Crippen LogP contribution >= 0.6 is 0 Å². The first kappa shape index (κ1) is 13.0. The number of nitrogens with zero attached hydrogens (tertiary/aromatic N) is 1. The Balaban J connectivity index is 2.66. The Kier molecular flexibility index (Phi) is 3.36. The molecule has 0 atom stereocenters. The molecule has 2 aromatic carbocycles. The molecule has 0 heterocycles. The zero-order valence-electron chi connectivity index (χ0n) is 10.9. The van der Waals surface area contributed by atoms with Gasteiger partial charge in [0.15, 0.2) is 5.69 Å². The first-order valence-electron chi connectivity index (χ1n) is 6.15. The lowest BCUT2D eigenvalue weighted by Crippen LogP contribution is -2.67. The molecule has 4 heteroatoms. The van der Waals surface area contributed by atoms with Gasteiger partial charge in [0.1, 0.15) is 0 Å². The summed E-state index contributed by atoms with van der Waals surface area (Å²) in [4.78, 5) is -0.636. The number of fused-ring (bicyclic) bond motifs is 1. The van der Waals surface area contributed by atoms with E-state index in [4.69, 9.17) is 17.5 Å².